The number of nitrogens with one attached hydrogen (secondary N) is 1. The van der Waals surface area contributed by atoms with Gasteiger partial charge in [0.05, 0.1) is 12.6 Å². The number of aliphatic hydroxyl groups is 1. The quantitative estimate of drug-likeness (QED) is 0.809. The van der Waals surface area contributed by atoms with Crippen LogP contribution in [0.3, 0.4) is 0 Å². The molecule has 0 radical (unpaired) electrons. The highest BCUT2D eigenvalue weighted by Crippen LogP contribution is 2.41. The molecule has 2 aliphatic rings. The van der Waals surface area contributed by atoms with Gasteiger partial charge < -0.3 is 15.2 Å². The number of hydrogen-bond acceptors (Lipinski definition) is 4. The summed E-state index contributed by atoms with van der Waals surface area (Å²) in [5.41, 5.74) is 1.17. The summed E-state index contributed by atoms with van der Waals surface area (Å²) in [7, 11) is 0. The van der Waals surface area contributed by atoms with Gasteiger partial charge in [0.25, 0.3) is 5.91 Å². The lowest BCUT2D eigenvalue weighted by Gasteiger charge is -2.34. The highest BCUT2D eigenvalue weighted by molar-refractivity contribution is 5.78. The lowest BCUT2D eigenvalue weighted by atomic mass is 9.86. The normalized spacial score (nSPS) is 27.2. The van der Waals surface area contributed by atoms with Crippen molar-refractivity contribution in [3.05, 3.63) is 66.2 Å². The second-order valence-electron chi connectivity index (χ2n) is 7.68. The number of benzene rings is 2. The first-order valence-corrected chi connectivity index (χ1v) is 10.2. The van der Waals surface area contributed by atoms with Crippen LogP contribution in [0.25, 0.3) is 0 Å². The summed E-state index contributed by atoms with van der Waals surface area (Å²) in [5.74, 6) is 0.657. The number of carbonyl (C=O) groups excluding carboxylic acids is 1. The van der Waals surface area contributed by atoms with Gasteiger partial charge in [0.15, 0.2) is 6.61 Å². The maximum absolute atomic E-state index is 12.7. The zero-order valence-electron chi connectivity index (χ0n) is 16.0. The van der Waals surface area contributed by atoms with E-state index in [2.05, 4.69) is 22.3 Å². The van der Waals surface area contributed by atoms with Crippen LogP contribution in [-0.4, -0.2) is 53.8 Å². The fourth-order valence-corrected chi connectivity index (χ4v) is 4.86. The van der Waals surface area contributed by atoms with Gasteiger partial charge in [-0.05, 0) is 37.1 Å². The molecule has 2 aromatic rings. The van der Waals surface area contributed by atoms with Crippen LogP contribution in [0.2, 0.25) is 0 Å². The van der Waals surface area contributed by atoms with Crippen molar-refractivity contribution in [2.45, 2.75) is 43.3 Å². The molecule has 2 aliphatic heterocycles. The van der Waals surface area contributed by atoms with Crippen LogP contribution >= 0.6 is 0 Å². The molecule has 0 bridgehead atoms. The largest absolute Gasteiger partial charge is 0.484 e. The first-order chi connectivity index (χ1) is 13.8. The molecule has 2 aromatic carbocycles. The Bertz CT molecular complexity index is 768. The third-order valence-electron chi connectivity index (χ3n) is 6.05. The molecule has 4 atom stereocenters. The van der Waals surface area contributed by atoms with Gasteiger partial charge in [0.2, 0.25) is 0 Å². The first-order valence-electron chi connectivity index (χ1n) is 10.2. The summed E-state index contributed by atoms with van der Waals surface area (Å²) in [4.78, 5) is 15.1. The van der Waals surface area contributed by atoms with E-state index in [1.54, 1.807) is 0 Å². The minimum atomic E-state index is -0.112. The average molecular weight is 380 g/mol. The molecular weight excluding hydrogens is 352 g/mol. The van der Waals surface area contributed by atoms with E-state index in [1.165, 1.54) is 5.56 Å². The van der Waals surface area contributed by atoms with Crippen molar-refractivity contribution in [3.63, 3.8) is 0 Å². The van der Waals surface area contributed by atoms with Crippen molar-refractivity contribution >= 4 is 5.91 Å². The molecule has 28 heavy (non-hydrogen) atoms. The molecule has 1 amide bonds. The molecule has 0 aliphatic carbocycles. The van der Waals surface area contributed by atoms with Crippen molar-refractivity contribution in [3.8, 4) is 5.75 Å². The molecule has 0 unspecified atom stereocenters. The van der Waals surface area contributed by atoms with E-state index in [0.717, 1.165) is 25.8 Å². The number of fused-ring (bicyclic) bond motifs is 1. The molecule has 2 N–H and O–H groups in total. The molecule has 5 nitrogen and oxygen atoms in total. The lowest BCUT2D eigenvalue weighted by Crippen LogP contribution is -2.49. The fourth-order valence-electron chi connectivity index (χ4n) is 4.86. The summed E-state index contributed by atoms with van der Waals surface area (Å²) in [6.07, 6.45) is 3.35. The first kappa shape index (κ1) is 19.0. The maximum atomic E-state index is 12.7. The molecule has 0 saturated carbocycles. The summed E-state index contributed by atoms with van der Waals surface area (Å²) in [6, 6.07) is 19.9. The van der Waals surface area contributed by atoms with E-state index in [0.29, 0.717) is 5.75 Å². The second kappa shape index (κ2) is 8.76. The molecule has 5 heteroatoms. The van der Waals surface area contributed by atoms with Gasteiger partial charge in [-0.1, -0.05) is 55.0 Å². The Kier molecular flexibility index (Phi) is 5.93. The number of carbonyl (C=O) groups is 1. The summed E-state index contributed by atoms with van der Waals surface area (Å²) in [5, 5.41) is 13.4. The Morgan fingerprint density at radius 3 is 2.50 bits per heavy atom. The Balaban J connectivity index is 1.52. The molecule has 0 spiro atoms. The van der Waals surface area contributed by atoms with Crippen LogP contribution < -0.4 is 10.1 Å². The molecule has 2 heterocycles. The number of para-hydroxylation sites is 1. The van der Waals surface area contributed by atoms with Gasteiger partial charge in [0, 0.05) is 18.0 Å². The summed E-state index contributed by atoms with van der Waals surface area (Å²) >= 11 is 0. The van der Waals surface area contributed by atoms with E-state index in [1.807, 2.05) is 48.5 Å². The highest BCUT2D eigenvalue weighted by Gasteiger charge is 2.50. The number of nitrogens with zero attached hydrogens (tertiary/aromatic N) is 1. The predicted molar refractivity (Wildman–Crippen MR) is 108 cm³/mol. The Hall–Kier alpha value is -2.37. The van der Waals surface area contributed by atoms with Gasteiger partial charge in [-0.15, -0.1) is 0 Å². The Morgan fingerprint density at radius 1 is 1.07 bits per heavy atom. The van der Waals surface area contributed by atoms with Crippen LogP contribution in [0.4, 0.5) is 0 Å². The van der Waals surface area contributed by atoms with E-state index in [-0.39, 0.29) is 43.2 Å². The standard InChI is InChI=1S/C23H28N2O3/c26-15-20-22(17-9-3-1-4-10-17)23(19-13-7-8-14-25(19)20)24-21(27)16-28-18-11-5-2-6-12-18/h1-6,9-12,19-20,22-23,26H,7-8,13-16H2,(H,24,27)/t19-,20-,22+,23+/m1/s1. The number of hydrogen-bond donors (Lipinski definition) is 2. The van der Waals surface area contributed by atoms with Gasteiger partial charge in [-0.3, -0.25) is 9.69 Å². The van der Waals surface area contributed by atoms with Gasteiger partial charge in [0.1, 0.15) is 5.75 Å². The lowest BCUT2D eigenvalue weighted by molar-refractivity contribution is -0.124. The van der Waals surface area contributed by atoms with E-state index in [9.17, 15) is 9.90 Å². The van der Waals surface area contributed by atoms with Crippen molar-refractivity contribution in [1.82, 2.24) is 10.2 Å². The predicted octanol–water partition coefficient (Wildman–Crippen LogP) is 2.56. The smallest absolute Gasteiger partial charge is 0.258 e. The van der Waals surface area contributed by atoms with Crippen molar-refractivity contribution in [2.75, 3.05) is 19.8 Å². The third kappa shape index (κ3) is 3.91. The molecule has 2 saturated heterocycles. The van der Waals surface area contributed by atoms with Crippen molar-refractivity contribution < 1.29 is 14.6 Å². The Labute approximate surface area is 166 Å². The van der Waals surface area contributed by atoms with Crippen LogP contribution in [-0.2, 0) is 4.79 Å². The molecule has 2 fully saturated rings. The Morgan fingerprint density at radius 2 is 1.79 bits per heavy atom. The van der Waals surface area contributed by atoms with Crippen LogP contribution in [0.1, 0.15) is 30.7 Å². The topological polar surface area (TPSA) is 61.8 Å². The minimum Gasteiger partial charge on any atom is -0.484 e. The zero-order valence-corrected chi connectivity index (χ0v) is 16.0. The van der Waals surface area contributed by atoms with Crippen molar-refractivity contribution in [1.29, 1.82) is 0 Å². The molecular formula is C23H28N2O3. The number of aliphatic hydroxyl groups excluding tert-OH is 1. The van der Waals surface area contributed by atoms with E-state index in [4.69, 9.17) is 4.74 Å². The van der Waals surface area contributed by atoms with Gasteiger partial charge in [-0.25, -0.2) is 0 Å². The van der Waals surface area contributed by atoms with Gasteiger partial charge in [-0.2, -0.15) is 0 Å². The molecule has 4 rings (SSSR count). The zero-order chi connectivity index (χ0) is 19.3. The average Bonchev–Trinajstić information content (AvgIpc) is 3.07. The van der Waals surface area contributed by atoms with Crippen LogP contribution in [0, 0.1) is 0 Å². The van der Waals surface area contributed by atoms with Crippen molar-refractivity contribution in [2.24, 2.45) is 0 Å². The monoisotopic (exact) mass is 380 g/mol. The van der Waals surface area contributed by atoms with Crippen LogP contribution in [0.15, 0.2) is 60.7 Å². The maximum Gasteiger partial charge on any atom is 0.258 e. The second-order valence-corrected chi connectivity index (χ2v) is 7.68. The van der Waals surface area contributed by atoms with Gasteiger partial charge >= 0.3 is 0 Å². The molecule has 0 aromatic heterocycles. The SMILES string of the molecule is O=C(COc1ccccc1)N[C@@H]1[C@@H](c2ccccc2)[C@@H](CO)N2CCCC[C@H]12. The molecule has 148 valence electrons. The number of rotatable bonds is 6. The number of amides is 1. The fraction of sp³-hybridized carbons (Fsp3) is 0.435. The van der Waals surface area contributed by atoms with E-state index < -0.39 is 0 Å². The summed E-state index contributed by atoms with van der Waals surface area (Å²) in [6.45, 7) is 1.08. The third-order valence-corrected chi connectivity index (χ3v) is 6.05. The highest BCUT2D eigenvalue weighted by atomic mass is 16.5. The van der Waals surface area contributed by atoms with Crippen LogP contribution in [0.5, 0.6) is 5.75 Å². The minimum absolute atomic E-state index is 0.00145. The number of ether oxygens (including phenoxy) is 1. The van der Waals surface area contributed by atoms with E-state index >= 15 is 0 Å². The number of piperidine rings is 1. The summed E-state index contributed by atoms with van der Waals surface area (Å²) < 4.78 is 5.63.